The van der Waals surface area contributed by atoms with Crippen LogP contribution in [-0.4, -0.2) is 14.5 Å². The second kappa shape index (κ2) is 11.2. The van der Waals surface area contributed by atoms with E-state index in [4.69, 9.17) is 9.97 Å². The average molecular weight is 686 g/mol. The number of hydrogen-bond acceptors (Lipinski definition) is 4. The molecule has 11 rings (SSSR count). The first kappa shape index (κ1) is 28.7. The van der Waals surface area contributed by atoms with Crippen molar-refractivity contribution in [2.24, 2.45) is 0 Å². The Bertz CT molecular complexity index is 3120. The van der Waals surface area contributed by atoms with Gasteiger partial charge >= 0.3 is 0 Å². The average Bonchev–Trinajstić information content (AvgIpc) is 3.91. The maximum absolute atomic E-state index is 5.63. The number of imidazole rings is 1. The van der Waals surface area contributed by atoms with Gasteiger partial charge in [-0.1, -0.05) is 146 Å². The molecule has 3 nitrogen and oxygen atoms in total. The highest BCUT2D eigenvalue weighted by molar-refractivity contribution is 7.26. The Morgan fingerprint density at radius 1 is 0.431 bits per heavy atom. The van der Waals surface area contributed by atoms with Crippen molar-refractivity contribution in [1.82, 2.24) is 14.5 Å². The van der Waals surface area contributed by atoms with Crippen molar-refractivity contribution in [2.45, 2.75) is 0 Å². The Morgan fingerprint density at radius 3 is 1.75 bits per heavy atom. The van der Waals surface area contributed by atoms with Crippen LogP contribution in [0.25, 0.3) is 102 Å². The number of hydrogen-bond donors (Lipinski definition) is 0. The number of thiophene rings is 2. The lowest BCUT2D eigenvalue weighted by molar-refractivity contribution is 1.09. The molecule has 0 aliphatic rings. The number of pyridine rings is 1. The second-order valence-electron chi connectivity index (χ2n) is 12.9. The van der Waals surface area contributed by atoms with Crippen molar-refractivity contribution >= 4 is 86.3 Å². The minimum Gasteiger partial charge on any atom is -0.275 e. The van der Waals surface area contributed by atoms with Gasteiger partial charge in [0.15, 0.2) is 5.65 Å². The zero-order valence-electron chi connectivity index (χ0n) is 27.2. The van der Waals surface area contributed by atoms with E-state index in [0.717, 1.165) is 39.0 Å². The molecule has 0 atom stereocenters. The normalized spacial score (nSPS) is 11.9. The molecular weight excluding hydrogens is 659 g/mol. The van der Waals surface area contributed by atoms with Crippen LogP contribution in [0.3, 0.4) is 0 Å². The van der Waals surface area contributed by atoms with Crippen LogP contribution in [-0.2, 0) is 0 Å². The molecule has 0 fully saturated rings. The van der Waals surface area contributed by atoms with Crippen LogP contribution in [0.1, 0.15) is 0 Å². The fraction of sp³-hybridized carbons (Fsp3) is 0. The SMILES string of the molecule is c1ccc(-c2sc(-c3ccccc3)c3c2c2ccccc2c2cnc4c(nc(-c5ccccc5)n4-c4cccc5c4sc4ccccc45)c23)cc1. The van der Waals surface area contributed by atoms with Crippen molar-refractivity contribution < 1.29 is 0 Å². The van der Waals surface area contributed by atoms with Gasteiger partial charge in [0.05, 0.1) is 10.4 Å². The van der Waals surface area contributed by atoms with Crippen molar-refractivity contribution in [3.05, 3.63) is 164 Å². The molecule has 0 bridgehead atoms. The zero-order valence-corrected chi connectivity index (χ0v) is 28.9. The van der Waals surface area contributed by atoms with Crippen LogP contribution in [0.4, 0.5) is 0 Å². The minimum absolute atomic E-state index is 0.856. The van der Waals surface area contributed by atoms with E-state index in [1.54, 1.807) is 0 Å². The highest BCUT2D eigenvalue weighted by atomic mass is 32.1. The Hall–Kier alpha value is -6.14. The number of nitrogens with zero attached hydrogens (tertiary/aromatic N) is 3. The molecule has 0 radical (unpaired) electrons. The molecule has 4 aromatic heterocycles. The van der Waals surface area contributed by atoms with Crippen LogP contribution in [0.5, 0.6) is 0 Å². The molecule has 0 saturated carbocycles. The summed E-state index contributed by atoms with van der Waals surface area (Å²) in [4.78, 5) is 13.5. The number of benzene rings is 7. The maximum atomic E-state index is 5.63. The van der Waals surface area contributed by atoms with E-state index in [2.05, 4.69) is 168 Å². The van der Waals surface area contributed by atoms with E-state index in [1.807, 2.05) is 22.7 Å². The third kappa shape index (κ3) is 4.23. The summed E-state index contributed by atoms with van der Waals surface area (Å²) >= 11 is 3.70. The standard InChI is InChI=1S/C46H27N3S2/c1-4-15-28(16-5-1)42-39-33-23-11-10-21-31(33)35-27-47-46-41(38(35)40(39)43(51-42)29-17-6-2-7-18-29)48-45(30-19-8-3-9-20-30)49(46)36-25-14-24-34-32-22-12-13-26-37(32)50-44(34)36/h1-27H. The first-order valence-corrected chi connectivity index (χ1v) is 18.7. The van der Waals surface area contributed by atoms with E-state index < -0.39 is 0 Å². The summed E-state index contributed by atoms with van der Waals surface area (Å²) in [6.45, 7) is 0. The highest BCUT2D eigenvalue weighted by Crippen LogP contribution is 2.52. The van der Waals surface area contributed by atoms with Crippen LogP contribution < -0.4 is 0 Å². The fourth-order valence-electron chi connectivity index (χ4n) is 7.84. The molecule has 7 aromatic carbocycles. The van der Waals surface area contributed by atoms with Gasteiger partial charge in [0, 0.05) is 58.5 Å². The van der Waals surface area contributed by atoms with Gasteiger partial charge in [-0.2, -0.15) is 0 Å². The minimum atomic E-state index is 0.856. The molecule has 238 valence electrons. The first-order chi connectivity index (χ1) is 25.3. The molecule has 11 aromatic rings. The van der Waals surface area contributed by atoms with Crippen molar-refractivity contribution in [1.29, 1.82) is 0 Å². The van der Waals surface area contributed by atoms with E-state index in [-0.39, 0.29) is 0 Å². The van der Waals surface area contributed by atoms with Gasteiger partial charge in [-0.15, -0.1) is 22.7 Å². The van der Waals surface area contributed by atoms with Crippen molar-refractivity contribution in [3.8, 4) is 38.0 Å². The summed E-state index contributed by atoms with van der Waals surface area (Å²) in [5.41, 5.74) is 6.34. The predicted octanol–water partition coefficient (Wildman–Crippen LogP) is 13.3. The van der Waals surface area contributed by atoms with Crippen LogP contribution >= 0.6 is 22.7 Å². The molecule has 0 unspecified atom stereocenters. The Labute approximate surface area is 301 Å². The van der Waals surface area contributed by atoms with Gasteiger partial charge in [0.1, 0.15) is 11.3 Å². The van der Waals surface area contributed by atoms with Crippen LogP contribution in [0, 0.1) is 0 Å². The largest absolute Gasteiger partial charge is 0.275 e. The van der Waals surface area contributed by atoms with E-state index in [0.29, 0.717) is 0 Å². The lowest BCUT2D eigenvalue weighted by Crippen LogP contribution is -1.99. The number of fused-ring (bicyclic) bond motifs is 11. The molecule has 4 heterocycles. The van der Waals surface area contributed by atoms with Gasteiger partial charge < -0.3 is 0 Å². The number of aromatic nitrogens is 3. The van der Waals surface area contributed by atoms with Crippen molar-refractivity contribution in [3.63, 3.8) is 0 Å². The van der Waals surface area contributed by atoms with Gasteiger partial charge in [0.2, 0.25) is 0 Å². The molecule has 5 heteroatoms. The zero-order chi connectivity index (χ0) is 33.5. The van der Waals surface area contributed by atoms with Crippen LogP contribution in [0.2, 0.25) is 0 Å². The topological polar surface area (TPSA) is 30.7 Å². The molecule has 0 aliphatic carbocycles. The molecule has 51 heavy (non-hydrogen) atoms. The Morgan fingerprint density at radius 2 is 1.02 bits per heavy atom. The summed E-state index contributed by atoms with van der Waals surface area (Å²) in [6, 6.07) is 56.3. The monoisotopic (exact) mass is 685 g/mol. The third-order valence-electron chi connectivity index (χ3n) is 10.0. The third-order valence-corrected chi connectivity index (χ3v) is 12.5. The summed E-state index contributed by atoms with van der Waals surface area (Å²) in [7, 11) is 0. The molecule has 0 amide bonds. The molecular formula is C46H27N3S2. The molecule has 0 N–H and O–H groups in total. The first-order valence-electron chi connectivity index (χ1n) is 17.1. The van der Waals surface area contributed by atoms with Gasteiger partial charge in [0.25, 0.3) is 0 Å². The van der Waals surface area contributed by atoms with E-state index in [1.165, 1.54) is 62.6 Å². The smallest absolute Gasteiger partial charge is 0.165 e. The van der Waals surface area contributed by atoms with Crippen LogP contribution in [0.15, 0.2) is 164 Å². The van der Waals surface area contributed by atoms with Crippen molar-refractivity contribution in [2.75, 3.05) is 0 Å². The highest BCUT2D eigenvalue weighted by Gasteiger charge is 2.26. The Balaban J connectivity index is 1.36. The number of rotatable bonds is 4. The van der Waals surface area contributed by atoms with E-state index in [9.17, 15) is 0 Å². The van der Waals surface area contributed by atoms with Gasteiger partial charge in [-0.25, -0.2) is 9.97 Å². The molecule has 0 spiro atoms. The Kier molecular flexibility index (Phi) is 6.29. The molecule has 0 aliphatic heterocycles. The summed E-state index contributed by atoms with van der Waals surface area (Å²) in [5, 5.41) is 9.70. The lowest BCUT2D eigenvalue weighted by Gasteiger charge is -2.12. The lowest BCUT2D eigenvalue weighted by atomic mass is 9.93. The predicted molar refractivity (Wildman–Crippen MR) is 218 cm³/mol. The molecule has 0 saturated heterocycles. The maximum Gasteiger partial charge on any atom is 0.165 e. The summed E-state index contributed by atoms with van der Waals surface area (Å²) in [6.07, 6.45) is 2.09. The quantitative estimate of drug-likeness (QED) is 0.173. The van der Waals surface area contributed by atoms with E-state index >= 15 is 0 Å². The fourth-order valence-corrected chi connectivity index (χ4v) is 10.4. The summed E-state index contributed by atoms with van der Waals surface area (Å²) < 4.78 is 4.80. The van der Waals surface area contributed by atoms with Gasteiger partial charge in [-0.05, 0) is 34.0 Å². The summed E-state index contributed by atoms with van der Waals surface area (Å²) in [5.74, 6) is 0.886. The second-order valence-corrected chi connectivity index (χ2v) is 15.0. The van der Waals surface area contributed by atoms with Gasteiger partial charge in [-0.3, -0.25) is 4.57 Å².